The maximum Gasteiger partial charge on any atom is 0.163 e. The molecule has 2 aromatic rings. The average molecular weight is 717 g/mol. The minimum atomic E-state index is -0.709. The van der Waals surface area contributed by atoms with Crippen LogP contribution in [0.4, 0.5) is 0 Å². The van der Waals surface area contributed by atoms with Gasteiger partial charge >= 0.3 is 0 Å². The lowest BCUT2D eigenvalue weighted by Crippen LogP contribution is -2.52. The maximum absolute atomic E-state index is 6.55. The zero-order chi connectivity index (χ0) is 36.5. The van der Waals surface area contributed by atoms with Crippen molar-refractivity contribution in [3.63, 3.8) is 0 Å². The molecule has 284 valence electrons. The summed E-state index contributed by atoms with van der Waals surface area (Å²) in [5, 5.41) is 0. The highest BCUT2D eigenvalue weighted by atomic mass is 16.7. The number of benzene rings is 2. The Morgan fingerprint density at radius 3 is 1.57 bits per heavy atom. The van der Waals surface area contributed by atoms with Crippen LogP contribution in [0.25, 0.3) is 12.2 Å². The molecule has 0 bridgehead atoms. The van der Waals surface area contributed by atoms with Gasteiger partial charge in [-0.3, -0.25) is 0 Å². The average Bonchev–Trinajstić information content (AvgIpc) is 3.12. The molecule has 0 radical (unpaired) electrons. The molecule has 51 heavy (non-hydrogen) atoms. The lowest BCUT2D eigenvalue weighted by molar-refractivity contribution is -0.302. The first-order valence-corrected chi connectivity index (χ1v) is 17.6. The van der Waals surface area contributed by atoms with Crippen LogP contribution in [0.1, 0.15) is 52.7 Å². The number of rotatable bonds is 16. The minimum absolute atomic E-state index is 0.220. The quantitative estimate of drug-likeness (QED) is 0.198. The molecule has 0 amide bonds. The summed E-state index contributed by atoms with van der Waals surface area (Å²) in [6.07, 6.45) is 3.20. The molecule has 3 heterocycles. The summed E-state index contributed by atoms with van der Waals surface area (Å²) >= 11 is 0. The van der Waals surface area contributed by atoms with Crippen molar-refractivity contribution < 1.29 is 56.8 Å². The van der Waals surface area contributed by atoms with Crippen LogP contribution in [0.15, 0.2) is 42.5 Å². The van der Waals surface area contributed by atoms with Gasteiger partial charge in [0.1, 0.15) is 42.2 Å². The molecule has 5 rings (SSSR count). The van der Waals surface area contributed by atoms with Gasteiger partial charge in [0.25, 0.3) is 0 Å². The smallest absolute Gasteiger partial charge is 0.163 e. The fourth-order valence-corrected chi connectivity index (χ4v) is 5.45. The van der Waals surface area contributed by atoms with Crippen molar-refractivity contribution in [2.45, 2.75) is 77.2 Å². The Bertz CT molecular complexity index is 1320. The molecule has 2 aromatic carbocycles. The summed E-state index contributed by atoms with van der Waals surface area (Å²) in [5.74, 6) is 0.226. The second kappa shape index (κ2) is 17.4. The lowest BCUT2D eigenvalue weighted by Gasteiger charge is -2.43. The second-order valence-corrected chi connectivity index (χ2v) is 14.7. The van der Waals surface area contributed by atoms with Gasteiger partial charge in [0.05, 0.1) is 79.1 Å². The normalized spacial score (nSPS) is 21.9. The molecule has 0 aromatic heterocycles. The van der Waals surface area contributed by atoms with Crippen molar-refractivity contribution in [1.29, 1.82) is 0 Å². The first kappa shape index (κ1) is 39.4. The molecule has 0 N–H and O–H groups in total. The van der Waals surface area contributed by atoms with E-state index in [-0.39, 0.29) is 25.4 Å². The molecule has 3 aliphatic heterocycles. The topological polar surface area (TPSA) is 111 Å². The molecule has 0 saturated carbocycles. The summed E-state index contributed by atoms with van der Waals surface area (Å²) in [6, 6.07) is 13.7. The molecular weight excluding hydrogens is 660 g/mol. The Balaban J connectivity index is 1.20. The van der Waals surface area contributed by atoms with Gasteiger partial charge in [-0.1, -0.05) is 24.3 Å². The first-order chi connectivity index (χ1) is 24.2. The maximum atomic E-state index is 6.55. The molecule has 3 fully saturated rings. The molecule has 0 aliphatic carbocycles. The SMILES string of the molecule is COc1cc(/C=C/c2ccc(OCC3(COC(COC4COC(C)(C)OC4)COC4COC(C)(C)OC4)COC(C)(C)OC3)cc2)cc(OC)c1. The van der Waals surface area contributed by atoms with Gasteiger partial charge in [0, 0.05) is 6.07 Å². The Hall–Kier alpha value is -2.78. The van der Waals surface area contributed by atoms with Gasteiger partial charge in [-0.25, -0.2) is 0 Å². The first-order valence-electron chi connectivity index (χ1n) is 17.6. The van der Waals surface area contributed by atoms with Gasteiger partial charge in [-0.05, 0) is 76.9 Å². The van der Waals surface area contributed by atoms with E-state index in [0.717, 1.165) is 28.4 Å². The summed E-state index contributed by atoms with van der Waals surface area (Å²) in [5.41, 5.74) is 1.40. The Morgan fingerprint density at radius 2 is 1.08 bits per heavy atom. The Kier molecular flexibility index (Phi) is 13.4. The molecule has 3 saturated heterocycles. The molecule has 12 heteroatoms. The van der Waals surface area contributed by atoms with E-state index in [9.17, 15) is 0 Å². The summed E-state index contributed by atoms with van der Waals surface area (Å²) in [7, 11) is 3.28. The Labute approximate surface area is 302 Å². The fraction of sp³-hybridized carbons (Fsp3) is 0.641. The van der Waals surface area contributed by atoms with Crippen molar-refractivity contribution >= 4 is 12.2 Å². The van der Waals surface area contributed by atoms with Crippen molar-refractivity contribution in [1.82, 2.24) is 0 Å². The second-order valence-electron chi connectivity index (χ2n) is 14.7. The summed E-state index contributed by atoms with van der Waals surface area (Å²) in [6.45, 7) is 15.0. The van der Waals surface area contributed by atoms with E-state index < -0.39 is 28.9 Å². The predicted octanol–water partition coefficient (Wildman–Crippen LogP) is 5.74. The largest absolute Gasteiger partial charge is 0.497 e. The molecular formula is C39H56O12. The third kappa shape index (κ3) is 12.4. The third-order valence-corrected chi connectivity index (χ3v) is 8.85. The van der Waals surface area contributed by atoms with Gasteiger partial charge in [-0.15, -0.1) is 0 Å². The molecule has 0 unspecified atom stereocenters. The van der Waals surface area contributed by atoms with Crippen LogP contribution in [0, 0.1) is 5.41 Å². The molecule has 3 aliphatic rings. The number of methoxy groups -OCH3 is 2. The highest BCUT2D eigenvalue weighted by molar-refractivity contribution is 5.71. The van der Waals surface area contributed by atoms with E-state index in [1.54, 1.807) is 14.2 Å². The standard InChI is InChI=1S/C39H56O12/c1-36(2)46-20-34(21-47-36)42-18-33(19-43-35-22-48-37(3,4)49-23-35)45-25-39(26-50-38(5,6)51-27-39)24-44-30-13-11-28(12-14-30)9-10-29-15-31(40-7)17-32(16-29)41-8/h9-17,33-35H,18-27H2,1-8H3/b10-9+. The molecule has 0 atom stereocenters. The van der Waals surface area contributed by atoms with Crippen LogP contribution >= 0.6 is 0 Å². The van der Waals surface area contributed by atoms with Crippen LogP contribution in [-0.2, 0) is 42.6 Å². The lowest BCUT2D eigenvalue weighted by atomic mass is 9.90. The minimum Gasteiger partial charge on any atom is -0.497 e. The van der Waals surface area contributed by atoms with E-state index >= 15 is 0 Å². The van der Waals surface area contributed by atoms with Crippen LogP contribution in [0.2, 0.25) is 0 Å². The highest BCUT2D eigenvalue weighted by Gasteiger charge is 2.42. The number of hydrogen-bond acceptors (Lipinski definition) is 12. The van der Waals surface area contributed by atoms with E-state index in [4.69, 9.17) is 56.8 Å². The number of ether oxygens (including phenoxy) is 12. The van der Waals surface area contributed by atoms with E-state index in [2.05, 4.69) is 0 Å². The Morgan fingerprint density at radius 1 is 0.608 bits per heavy atom. The summed E-state index contributed by atoms with van der Waals surface area (Å²) in [4.78, 5) is 0. The van der Waals surface area contributed by atoms with Gasteiger partial charge < -0.3 is 56.8 Å². The van der Waals surface area contributed by atoms with Crippen LogP contribution in [0.3, 0.4) is 0 Å². The van der Waals surface area contributed by atoms with E-state index in [1.807, 2.05) is 96.2 Å². The van der Waals surface area contributed by atoms with Crippen molar-refractivity contribution in [2.75, 3.05) is 80.3 Å². The number of hydrogen-bond donors (Lipinski definition) is 0. The van der Waals surface area contributed by atoms with Crippen LogP contribution in [-0.4, -0.2) is 116 Å². The summed E-state index contributed by atoms with van der Waals surface area (Å²) < 4.78 is 71.5. The monoisotopic (exact) mass is 716 g/mol. The molecule has 12 nitrogen and oxygen atoms in total. The van der Waals surface area contributed by atoms with Crippen LogP contribution < -0.4 is 14.2 Å². The van der Waals surface area contributed by atoms with E-state index in [1.165, 1.54) is 0 Å². The zero-order valence-corrected chi connectivity index (χ0v) is 31.4. The third-order valence-electron chi connectivity index (χ3n) is 8.85. The van der Waals surface area contributed by atoms with Crippen molar-refractivity contribution in [3.8, 4) is 17.2 Å². The van der Waals surface area contributed by atoms with Crippen LogP contribution in [0.5, 0.6) is 17.2 Å². The highest BCUT2D eigenvalue weighted by Crippen LogP contribution is 2.32. The fourth-order valence-electron chi connectivity index (χ4n) is 5.45. The van der Waals surface area contributed by atoms with Gasteiger partial charge in [0.2, 0.25) is 0 Å². The zero-order valence-electron chi connectivity index (χ0n) is 31.4. The van der Waals surface area contributed by atoms with Gasteiger partial charge in [-0.2, -0.15) is 0 Å². The predicted molar refractivity (Wildman–Crippen MR) is 190 cm³/mol. The molecule has 0 spiro atoms. The van der Waals surface area contributed by atoms with Gasteiger partial charge in [0.15, 0.2) is 17.4 Å². The van der Waals surface area contributed by atoms with Crippen molar-refractivity contribution in [3.05, 3.63) is 53.6 Å². The van der Waals surface area contributed by atoms with Crippen molar-refractivity contribution in [2.24, 2.45) is 5.41 Å². The van der Waals surface area contributed by atoms with E-state index in [0.29, 0.717) is 52.9 Å².